The van der Waals surface area contributed by atoms with Crippen LogP contribution in [-0.4, -0.2) is 32.6 Å². The molecule has 0 atom stereocenters. The van der Waals surface area contributed by atoms with Crippen molar-refractivity contribution in [2.75, 3.05) is 25.7 Å². The summed E-state index contributed by atoms with van der Waals surface area (Å²) in [6.45, 7) is 4.33. The number of anilines is 1. The molecule has 0 aromatic heterocycles. The Morgan fingerprint density at radius 2 is 1.76 bits per heavy atom. The number of esters is 1. The molecule has 0 unspecified atom stereocenters. The van der Waals surface area contributed by atoms with E-state index in [1.807, 2.05) is 32.0 Å². The monoisotopic (exact) mass is 341 g/mol. The van der Waals surface area contributed by atoms with Crippen molar-refractivity contribution in [2.24, 2.45) is 0 Å². The topological polar surface area (TPSA) is 55.8 Å². The minimum atomic E-state index is -0.471. The molecular weight excluding hydrogens is 318 g/mol. The van der Waals surface area contributed by atoms with E-state index in [-0.39, 0.29) is 18.9 Å². The fraction of sp³-hybridized carbons (Fsp3) is 0.300. The molecule has 0 spiro atoms. The Labute approximate surface area is 148 Å². The maximum atomic E-state index is 12.4. The molecule has 5 nitrogen and oxygen atoms in total. The minimum Gasteiger partial charge on any atom is -0.493 e. The highest BCUT2D eigenvalue weighted by Gasteiger charge is 2.18. The molecule has 0 saturated heterocycles. The third-order valence-electron chi connectivity index (χ3n) is 4.11. The van der Waals surface area contributed by atoms with E-state index in [1.54, 1.807) is 31.3 Å². The quantitative estimate of drug-likeness (QED) is 0.754. The number of amides is 1. The van der Waals surface area contributed by atoms with Crippen LogP contribution in [-0.2, 0) is 9.53 Å². The van der Waals surface area contributed by atoms with E-state index < -0.39 is 5.97 Å². The average Bonchev–Trinajstić information content (AvgIpc) is 2.63. The van der Waals surface area contributed by atoms with E-state index in [9.17, 15) is 9.59 Å². The summed E-state index contributed by atoms with van der Waals surface area (Å²) in [4.78, 5) is 25.7. The summed E-state index contributed by atoms with van der Waals surface area (Å²) in [5.41, 5.74) is 3.22. The van der Waals surface area contributed by atoms with Crippen LogP contribution in [0.3, 0.4) is 0 Å². The van der Waals surface area contributed by atoms with Crippen molar-refractivity contribution >= 4 is 17.6 Å². The fourth-order valence-electron chi connectivity index (χ4n) is 2.41. The van der Waals surface area contributed by atoms with Crippen molar-refractivity contribution in [1.82, 2.24) is 0 Å². The SMILES string of the molecule is COC(=O)c1ccccc1N(C)C(=O)CCOc1ccc(C)c(C)c1. The molecule has 2 aromatic rings. The summed E-state index contributed by atoms with van der Waals surface area (Å²) < 4.78 is 10.4. The van der Waals surface area contributed by atoms with Crippen LogP contribution in [0, 0.1) is 13.8 Å². The normalized spacial score (nSPS) is 10.2. The van der Waals surface area contributed by atoms with Gasteiger partial charge in [-0.3, -0.25) is 4.79 Å². The predicted octanol–water partition coefficient (Wildman–Crippen LogP) is 3.52. The van der Waals surface area contributed by atoms with Crippen LogP contribution in [0.4, 0.5) is 5.69 Å². The number of methoxy groups -OCH3 is 1. The van der Waals surface area contributed by atoms with Gasteiger partial charge in [-0.05, 0) is 49.2 Å². The Kier molecular flexibility index (Phi) is 6.17. The van der Waals surface area contributed by atoms with Crippen LogP contribution in [0.5, 0.6) is 5.75 Å². The summed E-state index contributed by atoms with van der Waals surface area (Å²) in [5.74, 6) is 0.135. The summed E-state index contributed by atoms with van der Waals surface area (Å²) in [6.07, 6.45) is 0.207. The number of carbonyl (C=O) groups is 2. The Balaban J connectivity index is 1.99. The first-order valence-electron chi connectivity index (χ1n) is 8.08. The number of aryl methyl sites for hydroxylation is 2. The molecule has 0 fully saturated rings. The molecule has 1 amide bonds. The van der Waals surface area contributed by atoms with E-state index >= 15 is 0 Å². The molecule has 0 radical (unpaired) electrons. The van der Waals surface area contributed by atoms with E-state index in [2.05, 4.69) is 0 Å². The summed E-state index contributed by atoms with van der Waals surface area (Å²) in [6, 6.07) is 12.7. The summed E-state index contributed by atoms with van der Waals surface area (Å²) in [7, 11) is 2.96. The van der Waals surface area contributed by atoms with Crippen molar-refractivity contribution in [2.45, 2.75) is 20.3 Å². The molecular formula is C20H23NO4. The molecule has 2 rings (SSSR count). The van der Waals surface area contributed by atoms with Crippen LogP contribution >= 0.6 is 0 Å². The number of para-hydroxylation sites is 1. The molecule has 0 aliphatic heterocycles. The largest absolute Gasteiger partial charge is 0.493 e. The Hall–Kier alpha value is -2.82. The van der Waals surface area contributed by atoms with Crippen LogP contribution in [0.25, 0.3) is 0 Å². The van der Waals surface area contributed by atoms with Gasteiger partial charge in [0.25, 0.3) is 0 Å². The first-order chi connectivity index (χ1) is 11.9. The highest BCUT2D eigenvalue weighted by Crippen LogP contribution is 2.21. The number of benzene rings is 2. The van der Waals surface area contributed by atoms with Gasteiger partial charge in [-0.25, -0.2) is 4.79 Å². The average molecular weight is 341 g/mol. The fourth-order valence-corrected chi connectivity index (χ4v) is 2.41. The van der Waals surface area contributed by atoms with Crippen LogP contribution in [0.15, 0.2) is 42.5 Å². The lowest BCUT2D eigenvalue weighted by atomic mass is 10.1. The van der Waals surface area contributed by atoms with Crippen molar-refractivity contribution in [3.8, 4) is 5.75 Å². The first kappa shape index (κ1) is 18.5. The number of hydrogen-bond donors (Lipinski definition) is 0. The molecule has 25 heavy (non-hydrogen) atoms. The standard InChI is InChI=1S/C20H23NO4/c1-14-9-10-16(13-15(14)2)25-12-11-19(22)21(3)18-8-6-5-7-17(18)20(23)24-4/h5-10,13H,11-12H2,1-4H3. The van der Waals surface area contributed by atoms with E-state index in [0.717, 1.165) is 11.3 Å². The molecule has 0 saturated carbocycles. The zero-order valence-corrected chi connectivity index (χ0v) is 15.0. The summed E-state index contributed by atoms with van der Waals surface area (Å²) >= 11 is 0. The Morgan fingerprint density at radius 1 is 1.04 bits per heavy atom. The van der Waals surface area contributed by atoms with Crippen molar-refractivity contribution in [3.63, 3.8) is 0 Å². The van der Waals surface area contributed by atoms with E-state index in [0.29, 0.717) is 11.3 Å². The van der Waals surface area contributed by atoms with Crippen molar-refractivity contribution < 1.29 is 19.1 Å². The zero-order chi connectivity index (χ0) is 18.4. The van der Waals surface area contributed by atoms with Crippen molar-refractivity contribution in [1.29, 1.82) is 0 Å². The summed E-state index contributed by atoms with van der Waals surface area (Å²) in [5, 5.41) is 0. The maximum Gasteiger partial charge on any atom is 0.339 e. The van der Waals surface area contributed by atoms with Gasteiger partial charge in [0.2, 0.25) is 5.91 Å². The molecule has 5 heteroatoms. The predicted molar refractivity (Wildman–Crippen MR) is 97.2 cm³/mol. The molecule has 2 aromatic carbocycles. The number of nitrogens with zero attached hydrogens (tertiary/aromatic N) is 1. The number of hydrogen-bond acceptors (Lipinski definition) is 4. The lowest BCUT2D eigenvalue weighted by Crippen LogP contribution is -2.29. The number of rotatable bonds is 6. The van der Waals surface area contributed by atoms with Gasteiger partial charge in [0.05, 0.1) is 31.4 Å². The first-order valence-corrected chi connectivity index (χ1v) is 8.08. The van der Waals surface area contributed by atoms with Gasteiger partial charge in [-0.2, -0.15) is 0 Å². The Morgan fingerprint density at radius 3 is 2.44 bits per heavy atom. The van der Waals surface area contributed by atoms with Gasteiger partial charge in [-0.15, -0.1) is 0 Å². The third kappa shape index (κ3) is 4.59. The number of carbonyl (C=O) groups excluding carboxylic acids is 2. The smallest absolute Gasteiger partial charge is 0.339 e. The molecule has 0 bridgehead atoms. The van der Waals surface area contributed by atoms with Gasteiger partial charge in [0.1, 0.15) is 5.75 Å². The van der Waals surface area contributed by atoms with Gasteiger partial charge < -0.3 is 14.4 Å². The minimum absolute atomic E-state index is 0.139. The van der Waals surface area contributed by atoms with Gasteiger partial charge >= 0.3 is 5.97 Å². The van der Waals surface area contributed by atoms with Gasteiger partial charge in [0.15, 0.2) is 0 Å². The van der Waals surface area contributed by atoms with Crippen molar-refractivity contribution in [3.05, 3.63) is 59.2 Å². The van der Waals surface area contributed by atoms with Crippen LogP contribution in [0.2, 0.25) is 0 Å². The van der Waals surface area contributed by atoms with Crippen LogP contribution < -0.4 is 9.64 Å². The second-order valence-corrected chi connectivity index (χ2v) is 5.81. The lowest BCUT2D eigenvalue weighted by Gasteiger charge is -2.20. The van der Waals surface area contributed by atoms with E-state index in [1.165, 1.54) is 17.6 Å². The highest BCUT2D eigenvalue weighted by atomic mass is 16.5. The van der Waals surface area contributed by atoms with E-state index in [4.69, 9.17) is 9.47 Å². The third-order valence-corrected chi connectivity index (χ3v) is 4.11. The molecule has 132 valence electrons. The second-order valence-electron chi connectivity index (χ2n) is 5.81. The zero-order valence-electron chi connectivity index (χ0n) is 15.0. The molecule has 0 aliphatic carbocycles. The second kappa shape index (κ2) is 8.33. The highest BCUT2D eigenvalue weighted by molar-refractivity contribution is 6.02. The molecule has 0 aliphatic rings. The van der Waals surface area contributed by atoms with Crippen LogP contribution in [0.1, 0.15) is 27.9 Å². The lowest BCUT2D eigenvalue weighted by molar-refractivity contribution is -0.118. The Bertz CT molecular complexity index is 770. The molecule has 0 heterocycles. The number of ether oxygens (including phenoxy) is 2. The van der Waals surface area contributed by atoms with Gasteiger partial charge in [-0.1, -0.05) is 18.2 Å². The van der Waals surface area contributed by atoms with Gasteiger partial charge in [0, 0.05) is 7.05 Å². The maximum absolute atomic E-state index is 12.4. The molecule has 0 N–H and O–H groups in total.